The van der Waals surface area contributed by atoms with Crippen LogP contribution < -0.4 is 5.32 Å². The molecule has 35 heavy (non-hydrogen) atoms. The Morgan fingerprint density at radius 1 is 1.11 bits per heavy atom. The van der Waals surface area contributed by atoms with Crippen molar-refractivity contribution in [3.8, 4) is 0 Å². The van der Waals surface area contributed by atoms with Gasteiger partial charge in [0.1, 0.15) is 18.9 Å². The summed E-state index contributed by atoms with van der Waals surface area (Å²) < 4.78 is 19.1. The molecule has 6 nitrogen and oxygen atoms in total. The summed E-state index contributed by atoms with van der Waals surface area (Å²) in [5.74, 6) is 2.56. The molecule has 2 saturated carbocycles. The minimum Gasteiger partial charge on any atom is -0.414 e. The summed E-state index contributed by atoms with van der Waals surface area (Å²) in [6.45, 7) is 13.7. The maximum atomic E-state index is 6.95. The van der Waals surface area contributed by atoms with Gasteiger partial charge in [0.15, 0.2) is 8.32 Å². The second kappa shape index (κ2) is 11.5. The molecular formula is C27H45N3O3SSi. The van der Waals surface area contributed by atoms with Gasteiger partial charge in [0.05, 0.1) is 22.9 Å². The number of thiophene rings is 1. The van der Waals surface area contributed by atoms with Gasteiger partial charge in [-0.15, -0.1) is 11.3 Å². The fraction of sp³-hybridized carbons (Fsp3) is 0.778. The predicted octanol–water partition coefficient (Wildman–Crippen LogP) is 7.19. The zero-order chi connectivity index (χ0) is 25.1. The van der Waals surface area contributed by atoms with Crippen molar-refractivity contribution in [1.29, 1.82) is 0 Å². The van der Waals surface area contributed by atoms with Crippen LogP contribution in [0.5, 0.6) is 0 Å². The van der Waals surface area contributed by atoms with Gasteiger partial charge in [-0.05, 0) is 66.6 Å². The normalized spacial score (nSPS) is 24.3. The van der Waals surface area contributed by atoms with Crippen molar-refractivity contribution in [2.45, 2.75) is 95.9 Å². The fourth-order valence-electron chi connectivity index (χ4n) is 5.41. The van der Waals surface area contributed by atoms with Gasteiger partial charge in [-0.3, -0.25) is 0 Å². The first-order valence-corrected chi connectivity index (χ1v) is 17.2. The van der Waals surface area contributed by atoms with E-state index in [9.17, 15) is 0 Å². The van der Waals surface area contributed by atoms with E-state index in [1.807, 2.05) is 0 Å². The molecule has 0 unspecified atom stereocenters. The fourth-order valence-corrected chi connectivity index (χ4v) is 7.88. The second-order valence-electron chi connectivity index (χ2n) is 12.1. The van der Waals surface area contributed by atoms with Crippen LogP contribution in [0.2, 0.25) is 18.1 Å². The van der Waals surface area contributed by atoms with Crippen molar-refractivity contribution in [2.75, 3.05) is 32.4 Å². The lowest BCUT2D eigenvalue weighted by Crippen LogP contribution is -2.45. The summed E-state index contributed by atoms with van der Waals surface area (Å²) in [6, 6.07) is 0. The zero-order valence-corrected chi connectivity index (χ0v) is 24.4. The number of anilines is 1. The van der Waals surface area contributed by atoms with Gasteiger partial charge in [-0.25, -0.2) is 9.97 Å². The summed E-state index contributed by atoms with van der Waals surface area (Å²) in [4.78, 5) is 9.38. The molecule has 2 fully saturated rings. The lowest BCUT2D eigenvalue weighted by atomic mass is 9.89. The Hall–Kier alpha value is -1.06. The van der Waals surface area contributed by atoms with Crippen LogP contribution in [0.1, 0.15) is 77.2 Å². The molecule has 0 radical (unpaired) electrons. The Morgan fingerprint density at radius 2 is 1.89 bits per heavy atom. The standard InChI is InChI=1S/C27H45N3O3SSi/c1-27(2,3)35(5,6)33-23-13-20(12-21(23)15-32-18-31-4)22-16-34-25-24(22)29-17-30-26(25)28-14-19-10-8-7-9-11-19/h16-17,19-21,23H,7-15,18H2,1-6H3,(H,28,29,30)/t20-,21+,23+/m1/s1. The van der Waals surface area contributed by atoms with Crippen molar-refractivity contribution < 1.29 is 13.9 Å². The van der Waals surface area contributed by atoms with E-state index in [-0.39, 0.29) is 11.1 Å². The molecule has 0 aliphatic heterocycles. The molecule has 3 atom stereocenters. The molecule has 4 rings (SSSR count). The number of rotatable bonds is 10. The number of ether oxygens (including phenoxy) is 2. The molecule has 2 aliphatic rings. The quantitative estimate of drug-likeness (QED) is 0.204. The van der Waals surface area contributed by atoms with Crippen molar-refractivity contribution in [3.05, 3.63) is 17.3 Å². The number of fused-ring (bicyclic) bond motifs is 1. The maximum Gasteiger partial charge on any atom is 0.192 e. The van der Waals surface area contributed by atoms with E-state index >= 15 is 0 Å². The van der Waals surface area contributed by atoms with Crippen LogP contribution in [-0.2, 0) is 13.9 Å². The van der Waals surface area contributed by atoms with Crippen LogP contribution in [0.3, 0.4) is 0 Å². The molecule has 0 aromatic carbocycles. The van der Waals surface area contributed by atoms with Gasteiger partial charge in [-0.1, -0.05) is 40.0 Å². The van der Waals surface area contributed by atoms with Gasteiger partial charge >= 0.3 is 0 Å². The lowest BCUT2D eigenvalue weighted by molar-refractivity contribution is -0.0540. The Morgan fingerprint density at radius 3 is 2.60 bits per heavy atom. The predicted molar refractivity (Wildman–Crippen MR) is 148 cm³/mol. The van der Waals surface area contributed by atoms with Crippen LogP contribution in [0.4, 0.5) is 5.82 Å². The van der Waals surface area contributed by atoms with Crippen LogP contribution in [0.25, 0.3) is 10.2 Å². The molecule has 196 valence electrons. The average Bonchev–Trinajstić information content (AvgIpc) is 3.42. The van der Waals surface area contributed by atoms with Gasteiger partial charge in [0, 0.05) is 19.6 Å². The van der Waals surface area contributed by atoms with Crippen molar-refractivity contribution in [2.24, 2.45) is 11.8 Å². The molecule has 0 bridgehead atoms. The highest BCUT2D eigenvalue weighted by atomic mass is 32.1. The Kier molecular flexibility index (Phi) is 8.90. The molecule has 8 heteroatoms. The molecule has 2 aromatic rings. The van der Waals surface area contributed by atoms with E-state index in [1.54, 1.807) is 24.8 Å². The summed E-state index contributed by atoms with van der Waals surface area (Å²) in [7, 11) is -0.205. The van der Waals surface area contributed by atoms with Crippen molar-refractivity contribution in [3.63, 3.8) is 0 Å². The minimum atomic E-state index is -1.88. The average molecular weight is 520 g/mol. The number of methoxy groups -OCH3 is 1. The highest BCUT2D eigenvalue weighted by Crippen LogP contribution is 2.47. The highest BCUT2D eigenvalue weighted by molar-refractivity contribution is 7.18. The van der Waals surface area contributed by atoms with E-state index in [0.717, 1.165) is 36.6 Å². The largest absolute Gasteiger partial charge is 0.414 e. The number of hydrogen-bond donors (Lipinski definition) is 1. The third-order valence-corrected chi connectivity index (χ3v) is 14.0. The molecule has 2 aromatic heterocycles. The molecular weight excluding hydrogens is 474 g/mol. The smallest absolute Gasteiger partial charge is 0.192 e. The minimum absolute atomic E-state index is 0.185. The van der Waals surface area contributed by atoms with Crippen LogP contribution in [0, 0.1) is 11.8 Å². The number of hydrogen-bond acceptors (Lipinski definition) is 7. The van der Waals surface area contributed by atoms with Crippen LogP contribution in [0.15, 0.2) is 11.7 Å². The van der Waals surface area contributed by atoms with Gasteiger partial charge in [0.25, 0.3) is 0 Å². The maximum absolute atomic E-state index is 6.95. The van der Waals surface area contributed by atoms with Crippen LogP contribution in [-0.4, -0.2) is 51.4 Å². The second-order valence-corrected chi connectivity index (χ2v) is 17.7. The van der Waals surface area contributed by atoms with E-state index in [1.165, 1.54) is 42.4 Å². The molecule has 2 heterocycles. The Bertz CT molecular complexity index is 955. The first-order chi connectivity index (χ1) is 16.7. The SMILES string of the molecule is COCOC[C@@H]1C[C@@H](c2csc3c(NCC4CCCCC4)ncnc23)C[C@@H]1O[Si](C)(C)C(C)(C)C. The van der Waals surface area contributed by atoms with E-state index in [4.69, 9.17) is 18.9 Å². The molecule has 0 saturated heterocycles. The lowest BCUT2D eigenvalue weighted by Gasteiger charge is -2.39. The first-order valence-electron chi connectivity index (χ1n) is 13.4. The van der Waals surface area contributed by atoms with E-state index in [2.05, 4.69) is 49.5 Å². The summed E-state index contributed by atoms with van der Waals surface area (Å²) in [5.41, 5.74) is 2.47. The van der Waals surface area contributed by atoms with Crippen molar-refractivity contribution >= 4 is 35.7 Å². The molecule has 2 aliphatic carbocycles. The number of aromatic nitrogens is 2. The summed E-state index contributed by atoms with van der Waals surface area (Å²) in [6.07, 6.45) is 10.8. The third kappa shape index (κ3) is 6.45. The van der Waals surface area contributed by atoms with E-state index < -0.39 is 8.32 Å². The topological polar surface area (TPSA) is 65.5 Å². The third-order valence-electron chi connectivity index (χ3n) is 8.52. The monoisotopic (exact) mass is 519 g/mol. The number of nitrogens with one attached hydrogen (secondary N) is 1. The molecule has 0 amide bonds. The summed E-state index contributed by atoms with van der Waals surface area (Å²) in [5, 5.41) is 6.17. The van der Waals surface area contributed by atoms with E-state index in [0.29, 0.717) is 25.2 Å². The van der Waals surface area contributed by atoms with Gasteiger partial charge < -0.3 is 19.2 Å². The van der Waals surface area contributed by atoms with Crippen LogP contribution >= 0.6 is 11.3 Å². The Labute approximate surface area is 216 Å². The van der Waals surface area contributed by atoms with Gasteiger partial charge in [0.2, 0.25) is 0 Å². The molecule has 0 spiro atoms. The first kappa shape index (κ1) is 27.0. The summed E-state index contributed by atoms with van der Waals surface area (Å²) >= 11 is 1.78. The van der Waals surface area contributed by atoms with Gasteiger partial charge in [-0.2, -0.15) is 0 Å². The van der Waals surface area contributed by atoms with Crippen molar-refractivity contribution in [1.82, 2.24) is 9.97 Å². The molecule has 1 N–H and O–H groups in total. The highest BCUT2D eigenvalue weighted by Gasteiger charge is 2.44. The Balaban J connectivity index is 1.50. The zero-order valence-electron chi connectivity index (χ0n) is 22.6. The number of nitrogens with zero attached hydrogens (tertiary/aromatic N) is 2.